The smallest absolute Gasteiger partial charge is 0.0598 e. The fourth-order valence-electron chi connectivity index (χ4n) is 4.16. The predicted molar refractivity (Wildman–Crippen MR) is 147 cm³/mol. The third-order valence-corrected chi connectivity index (χ3v) is 6.44. The van der Waals surface area contributed by atoms with Crippen LogP contribution in [0.3, 0.4) is 0 Å². The Kier molecular flexibility index (Phi) is 30.4. The number of hydrogen-bond donors (Lipinski definition) is 0. The van der Waals surface area contributed by atoms with Crippen LogP contribution < -0.4 is 0 Å². The lowest BCUT2D eigenvalue weighted by molar-refractivity contribution is 0.555. The maximum atomic E-state index is 4.33. The molecule has 0 fully saturated rings. The summed E-state index contributed by atoms with van der Waals surface area (Å²) in [6.45, 7) is 8.17. The lowest BCUT2D eigenvalue weighted by atomic mass is 10.1. The predicted octanol–water partition coefficient (Wildman–Crippen LogP) is 10.9. The molecular weight excluding hydrogens is 404 g/mol. The minimum atomic E-state index is 0.882. The molecule has 0 radical (unpaired) electrons. The minimum Gasteiger partial charge on any atom is -0.194 e. The van der Waals surface area contributed by atoms with Gasteiger partial charge in [-0.3, -0.25) is 0 Å². The zero-order valence-corrected chi connectivity index (χ0v) is 22.9. The molecule has 0 rings (SSSR count). The van der Waals surface area contributed by atoms with Crippen LogP contribution in [-0.4, -0.2) is 26.2 Å². The van der Waals surface area contributed by atoms with Gasteiger partial charge in [-0.15, -0.1) is 0 Å². The molecule has 0 saturated carbocycles. The molecule has 4 nitrogen and oxygen atoms in total. The largest absolute Gasteiger partial charge is 0.194 e. The van der Waals surface area contributed by atoms with Crippen molar-refractivity contribution in [3.63, 3.8) is 0 Å². The minimum absolute atomic E-state index is 0.882. The molecule has 0 aromatic heterocycles. The molecule has 0 atom stereocenters. The van der Waals surface area contributed by atoms with E-state index in [0.717, 1.165) is 39.0 Å². The summed E-state index contributed by atoms with van der Waals surface area (Å²) < 4.78 is 0. The second kappa shape index (κ2) is 31.2. The summed E-state index contributed by atoms with van der Waals surface area (Å²) >= 11 is 0. The molecule has 0 N–H and O–H groups in total. The van der Waals surface area contributed by atoms with Crippen molar-refractivity contribution in [1.82, 2.24) is 0 Å². The molecule has 0 aliphatic carbocycles. The third-order valence-electron chi connectivity index (χ3n) is 6.44. The van der Waals surface area contributed by atoms with E-state index in [1.54, 1.807) is 0 Å². The van der Waals surface area contributed by atoms with Crippen molar-refractivity contribution in [2.24, 2.45) is 20.5 Å². The van der Waals surface area contributed by atoms with Gasteiger partial charge in [0, 0.05) is 0 Å². The Labute approximate surface area is 208 Å². The lowest BCUT2D eigenvalue weighted by Gasteiger charge is -2.01. The fourth-order valence-corrected chi connectivity index (χ4v) is 4.16. The second-order valence-corrected chi connectivity index (χ2v) is 9.88. The molecule has 196 valence electrons. The summed E-state index contributed by atoms with van der Waals surface area (Å²) in [7, 11) is 0. The van der Waals surface area contributed by atoms with E-state index in [4.69, 9.17) is 0 Å². The van der Waals surface area contributed by atoms with Gasteiger partial charge in [-0.1, -0.05) is 129 Å². The van der Waals surface area contributed by atoms with Crippen LogP contribution in [0, 0.1) is 0 Å². The SMILES string of the molecule is CCCCCCCCCCCCN=NCCCCCN=NCCCCCCCCCCCC. The Morgan fingerprint density at radius 2 is 0.424 bits per heavy atom. The van der Waals surface area contributed by atoms with E-state index in [0.29, 0.717) is 0 Å². The van der Waals surface area contributed by atoms with Crippen molar-refractivity contribution in [2.45, 2.75) is 162 Å². The average molecular weight is 465 g/mol. The first-order chi connectivity index (χ1) is 16.4. The van der Waals surface area contributed by atoms with Gasteiger partial charge < -0.3 is 0 Å². The lowest BCUT2D eigenvalue weighted by Crippen LogP contribution is -1.87. The van der Waals surface area contributed by atoms with Crippen LogP contribution in [0.25, 0.3) is 0 Å². The van der Waals surface area contributed by atoms with Gasteiger partial charge in [0.2, 0.25) is 0 Å². The quantitative estimate of drug-likeness (QED) is 0.0816. The third kappa shape index (κ3) is 31.2. The number of nitrogens with zero attached hydrogens (tertiary/aromatic N) is 4. The first-order valence-corrected chi connectivity index (χ1v) is 15.1. The fraction of sp³-hybridized carbons (Fsp3) is 1.00. The van der Waals surface area contributed by atoms with E-state index in [1.165, 1.54) is 135 Å². The summed E-state index contributed by atoms with van der Waals surface area (Å²) in [6.07, 6.45) is 31.0. The highest BCUT2D eigenvalue weighted by Gasteiger charge is 1.94. The molecular formula is C29H60N4. The van der Waals surface area contributed by atoms with Gasteiger partial charge in [-0.25, -0.2) is 0 Å². The molecule has 0 unspecified atom stereocenters. The standard InChI is InChI=1S/C29H60N4/c1-3-5-7-9-11-13-15-17-19-22-26-30-32-28-24-21-25-29-33-31-27-23-20-18-16-14-12-10-8-6-4-2/h3-29H2,1-2H3. The van der Waals surface area contributed by atoms with Crippen molar-refractivity contribution in [2.75, 3.05) is 26.2 Å². The highest BCUT2D eigenvalue weighted by molar-refractivity contribution is 4.52. The number of rotatable bonds is 28. The molecule has 0 saturated heterocycles. The molecule has 0 aromatic carbocycles. The Balaban J connectivity index is 3.13. The highest BCUT2D eigenvalue weighted by Crippen LogP contribution is 2.11. The van der Waals surface area contributed by atoms with Crippen molar-refractivity contribution < 1.29 is 0 Å². The van der Waals surface area contributed by atoms with Crippen LogP contribution in [0.5, 0.6) is 0 Å². The van der Waals surface area contributed by atoms with Crippen molar-refractivity contribution in [3.05, 3.63) is 0 Å². The van der Waals surface area contributed by atoms with Gasteiger partial charge in [0.1, 0.15) is 0 Å². The summed E-state index contributed by atoms with van der Waals surface area (Å²) in [5, 5.41) is 17.3. The van der Waals surface area contributed by atoms with E-state index in [-0.39, 0.29) is 0 Å². The number of azo groups is 2. The van der Waals surface area contributed by atoms with Gasteiger partial charge in [0.05, 0.1) is 26.2 Å². The molecule has 0 heterocycles. The Morgan fingerprint density at radius 1 is 0.242 bits per heavy atom. The maximum absolute atomic E-state index is 4.33. The van der Waals surface area contributed by atoms with Crippen LogP contribution in [0.1, 0.15) is 162 Å². The van der Waals surface area contributed by atoms with E-state index in [9.17, 15) is 0 Å². The highest BCUT2D eigenvalue weighted by atomic mass is 15.1. The second-order valence-electron chi connectivity index (χ2n) is 9.88. The zero-order valence-electron chi connectivity index (χ0n) is 22.9. The summed E-state index contributed by atoms with van der Waals surface area (Å²) in [4.78, 5) is 0. The molecule has 0 spiro atoms. The average Bonchev–Trinajstić information content (AvgIpc) is 2.83. The molecule has 33 heavy (non-hydrogen) atoms. The first kappa shape index (κ1) is 32.2. The molecule has 0 bridgehead atoms. The number of hydrogen-bond acceptors (Lipinski definition) is 4. The first-order valence-electron chi connectivity index (χ1n) is 15.1. The molecule has 4 heteroatoms. The van der Waals surface area contributed by atoms with Gasteiger partial charge in [0.15, 0.2) is 0 Å². The molecule has 0 aliphatic rings. The van der Waals surface area contributed by atoms with Crippen LogP contribution in [-0.2, 0) is 0 Å². The van der Waals surface area contributed by atoms with Crippen molar-refractivity contribution >= 4 is 0 Å². The van der Waals surface area contributed by atoms with E-state index < -0.39 is 0 Å². The molecule has 0 aromatic rings. The summed E-state index contributed by atoms with van der Waals surface area (Å²) in [5.74, 6) is 0. The van der Waals surface area contributed by atoms with Crippen LogP contribution in [0.15, 0.2) is 20.5 Å². The van der Waals surface area contributed by atoms with Gasteiger partial charge in [0.25, 0.3) is 0 Å². The number of unbranched alkanes of at least 4 members (excludes halogenated alkanes) is 20. The van der Waals surface area contributed by atoms with E-state index in [2.05, 4.69) is 34.3 Å². The van der Waals surface area contributed by atoms with Crippen molar-refractivity contribution in [3.8, 4) is 0 Å². The van der Waals surface area contributed by atoms with Crippen molar-refractivity contribution in [1.29, 1.82) is 0 Å². The van der Waals surface area contributed by atoms with E-state index >= 15 is 0 Å². The Hall–Kier alpha value is -0.800. The Morgan fingerprint density at radius 3 is 0.667 bits per heavy atom. The van der Waals surface area contributed by atoms with E-state index in [1.807, 2.05) is 0 Å². The maximum Gasteiger partial charge on any atom is 0.0598 e. The van der Waals surface area contributed by atoms with Crippen LogP contribution >= 0.6 is 0 Å². The summed E-state index contributed by atoms with van der Waals surface area (Å²) in [6, 6.07) is 0. The summed E-state index contributed by atoms with van der Waals surface area (Å²) in [5.41, 5.74) is 0. The van der Waals surface area contributed by atoms with Gasteiger partial charge in [-0.05, 0) is 32.1 Å². The van der Waals surface area contributed by atoms with Crippen LogP contribution in [0.2, 0.25) is 0 Å². The zero-order chi connectivity index (χ0) is 23.9. The van der Waals surface area contributed by atoms with Crippen LogP contribution in [0.4, 0.5) is 0 Å². The van der Waals surface area contributed by atoms with Gasteiger partial charge >= 0.3 is 0 Å². The monoisotopic (exact) mass is 464 g/mol. The molecule has 0 amide bonds. The molecule has 0 aliphatic heterocycles. The normalized spacial score (nSPS) is 11.9. The van der Waals surface area contributed by atoms with Gasteiger partial charge in [-0.2, -0.15) is 20.5 Å². The Bertz CT molecular complexity index is 359. The topological polar surface area (TPSA) is 49.4 Å².